The van der Waals surface area contributed by atoms with Gasteiger partial charge in [0.1, 0.15) is 16.4 Å². The maximum absolute atomic E-state index is 12.3. The summed E-state index contributed by atoms with van der Waals surface area (Å²) in [5.74, 6) is 1.57. The number of carbonyl (C=O) groups excluding carboxylic acids is 1. The van der Waals surface area contributed by atoms with E-state index in [0.29, 0.717) is 11.4 Å². The molecule has 0 saturated carbocycles. The van der Waals surface area contributed by atoms with Crippen molar-refractivity contribution in [1.82, 2.24) is 9.88 Å². The number of hydrogen-bond acceptors (Lipinski definition) is 4. The maximum atomic E-state index is 12.3. The van der Waals surface area contributed by atoms with Crippen molar-refractivity contribution in [3.63, 3.8) is 0 Å². The van der Waals surface area contributed by atoms with Gasteiger partial charge < -0.3 is 9.64 Å². The van der Waals surface area contributed by atoms with Crippen LogP contribution in [0.2, 0.25) is 0 Å². The molecule has 5 heteroatoms. The molecule has 0 N–H and O–H groups in total. The minimum Gasteiger partial charge on any atom is -0.457 e. The van der Waals surface area contributed by atoms with Crippen LogP contribution in [0.5, 0.6) is 11.5 Å². The quantitative estimate of drug-likeness (QED) is 0.687. The minimum absolute atomic E-state index is 0.00906. The first-order valence-electron chi connectivity index (χ1n) is 7.61. The van der Waals surface area contributed by atoms with Crippen LogP contribution in [0.4, 0.5) is 0 Å². The van der Waals surface area contributed by atoms with Crippen molar-refractivity contribution >= 4 is 17.2 Å². The maximum Gasteiger partial charge on any atom is 0.265 e. The molecule has 0 spiro atoms. The molecule has 0 radical (unpaired) electrons. The fourth-order valence-corrected chi connectivity index (χ4v) is 3.05. The van der Waals surface area contributed by atoms with Crippen molar-refractivity contribution in [2.45, 2.75) is 13.5 Å². The summed E-state index contributed by atoms with van der Waals surface area (Å²) < 4.78 is 5.77. The number of aryl methyl sites for hydroxylation is 1. The highest BCUT2D eigenvalue weighted by atomic mass is 32.1. The lowest BCUT2D eigenvalue weighted by Crippen LogP contribution is -2.25. The van der Waals surface area contributed by atoms with E-state index in [0.717, 1.165) is 22.1 Å². The Morgan fingerprint density at radius 3 is 2.38 bits per heavy atom. The van der Waals surface area contributed by atoms with Gasteiger partial charge in [-0.3, -0.25) is 4.79 Å². The molecule has 0 aliphatic heterocycles. The molecule has 0 unspecified atom stereocenters. The summed E-state index contributed by atoms with van der Waals surface area (Å²) in [6.45, 7) is 2.44. The molecule has 1 aromatic heterocycles. The van der Waals surface area contributed by atoms with Gasteiger partial charge in [-0.25, -0.2) is 4.98 Å². The molecule has 0 saturated heterocycles. The van der Waals surface area contributed by atoms with Gasteiger partial charge >= 0.3 is 0 Å². The van der Waals surface area contributed by atoms with Crippen LogP contribution in [0, 0.1) is 6.92 Å². The number of thiazole rings is 1. The van der Waals surface area contributed by atoms with E-state index in [1.807, 2.05) is 61.5 Å². The van der Waals surface area contributed by atoms with Crippen LogP contribution in [0.15, 0.2) is 60.8 Å². The van der Waals surface area contributed by atoms with Crippen molar-refractivity contribution in [2.24, 2.45) is 0 Å². The van der Waals surface area contributed by atoms with Gasteiger partial charge in [-0.1, -0.05) is 30.3 Å². The molecule has 122 valence electrons. The van der Waals surface area contributed by atoms with E-state index in [4.69, 9.17) is 4.74 Å². The first-order valence-corrected chi connectivity index (χ1v) is 8.43. The highest BCUT2D eigenvalue weighted by molar-refractivity contribution is 7.13. The summed E-state index contributed by atoms with van der Waals surface area (Å²) >= 11 is 1.42. The summed E-state index contributed by atoms with van der Waals surface area (Å²) in [7, 11) is 1.80. The number of para-hydroxylation sites is 1. The third-order valence-electron chi connectivity index (χ3n) is 3.50. The zero-order valence-corrected chi connectivity index (χ0v) is 14.4. The Hall–Kier alpha value is -2.66. The second-order valence-corrected chi connectivity index (χ2v) is 6.70. The summed E-state index contributed by atoms with van der Waals surface area (Å²) in [5, 5.41) is 0.897. The predicted molar refractivity (Wildman–Crippen MR) is 95.6 cm³/mol. The van der Waals surface area contributed by atoms with Crippen molar-refractivity contribution in [3.8, 4) is 11.5 Å². The Bertz CT molecular complexity index is 813. The van der Waals surface area contributed by atoms with E-state index >= 15 is 0 Å². The van der Waals surface area contributed by atoms with E-state index in [1.165, 1.54) is 11.3 Å². The molecule has 0 aliphatic carbocycles. The van der Waals surface area contributed by atoms with Gasteiger partial charge in [-0.15, -0.1) is 11.3 Å². The molecular weight excluding hydrogens is 320 g/mol. The molecule has 24 heavy (non-hydrogen) atoms. The van der Waals surface area contributed by atoms with Gasteiger partial charge in [0.2, 0.25) is 0 Å². The van der Waals surface area contributed by atoms with Crippen LogP contribution in [0.3, 0.4) is 0 Å². The zero-order chi connectivity index (χ0) is 16.9. The van der Waals surface area contributed by atoms with Gasteiger partial charge in [0, 0.05) is 13.6 Å². The average molecular weight is 338 g/mol. The van der Waals surface area contributed by atoms with Crippen LogP contribution in [-0.2, 0) is 6.54 Å². The lowest BCUT2D eigenvalue weighted by Gasteiger charge is -2.16. The SMILES string of the molecule is Cc1ncc(C(=O)N(C)Cc2ccc(Oc3ccccc3)cc2)s1. The molecule has 0 fully saturated rings. The number of rotatable bonds is 5. The fraction of sp³-hybridized carbons (Fsp3) is 0.158. The third-order valence-corrected chi connectivity index (χ3v) is 4.40. The van der Waals surface area contributed by atoms with Crippen LogP contribution in [-0.4, -0.2) is 22.8 Å². The molecular formula is C19H18N2O2S. The largest absolute Gasteiger partial charge is 0.457 e. The Morgan fingerprint density at radius 1 is 1.08 bits per heavy atom. The predicted octanol–water partition coefficient (Wildman–Crippen LogP) is 4.52. The Kier molecular flexibility index (Phi) is 4.91. The number of nitrogens with zero attached hydrogens (tertiary/aromatic N) is 2. The lowest BCUT2D eigenvalue weighted by molar-refractivity contribution is 0.0789. The highest BCUT2D eigenvalue weighted by Crippen LogP contribution is 2.22. The molecule has 1 heterocycles. The molecule has 0 aliphatic rings. The topological polar surface area (TPSA) is 42.4 Å². The summed E-state index contributed by atoms with van der Waals surface area (Å²) in [4.78, 5) is 18.8. The van der Waals surface area contributed by atoms with Gasteiger partial charge in [0.05, 0.1) is 11.2 Å². The van der Waals surface area contributed by atoms with Crippen molar-refractivity contribution in [2.75, 3.05) is 7.05 Å². The second-order valence-electron chi connectivity index (χ2n) is 5.46. The smallest absolute Gasteiger partial charge is 0.265 e. The number of benzene rings is 2. The van der Waals surface area contributed by atoms with E-state index in [9.17, 15) is 4.79 Å². The number of hydrogen-bond donors (Lipinski definition) is 0. The number of amides is 1. The zero-order valence-electron chi connectivity index (χ0n) is 13.6. The van der Waals surface area contributed by atoms with E-state index < -0.39 is 0 Å². The van der Waals surface area contributed by atoms with Gasteiger partial charge in [0.15, 0.2) is 0 Å². The molecule has 3 rings (SSSR count). The Labute approximate surface area is 145 Å². The highest BCUT2D eigenvalue weighted by Gasteiger charge is 2.14. The Morgan fingerprint density at radius 2 is 1.75 bits per heavy atom. The van der Waals surface area contributed by atoms with Crippen molar-refractivity contribution in [1.29, 1.82) is 0 Å². The van der Waals surface area contributed by atoms with Crippen LogP contribution < -0.4 is 4.74 Å². The number of carbonyl (C=O) groups is 1. The van der Waals surface area contributed by atoms with Crippen LogP contribution in [0.25, 0.3) is 0 Å². The molecule has 2 aromatic carbocycles. The van der Waals surface area contributed by atoms with Gasteiger partial charge in [0.25, 0.3) is 5.91 Å². The fourth-order valence-electron chi connectivity index (χ4n) is 2.28. The molecule has 4 nitrogen and oxygen atoms in total. The monoisotopic (exact) mass is 338 g/mol. The lowest BCUT2D eigenvalue weighted by atomic mass is 10.2. The normalized spacial score (nSPS) is 10.4. The van der Waals surface area contributed by atoms with Gasteiger partial charge in [-0.05, 0) is 36.8 Å². The summed E-state index contributed by atoms with van der Waals surface area (Å²) in [6, 6.07) is 17.4. The first-order chi connectivity index (χ1) is 11.6. The van der Waals surface area contributed by atoms with E-state index in [2.05, 4.69) is 4.98 Å². The second kappa shape index (κ2) is 7.27. The molecule has 1 amide bonds. The van der Waals surface area contributed by atoms with Gasteiger partial charge in [-0.2, -0.15) is 0 Å². The third kappa shape index (κ3) is 4.00. The van der Waals surface area contributed by atoms with Crippen molar-refractivity contribution in [3.05, 3.63) is 76.2 Å². The van der Waals surface area contributed by atoms with E-state index in [-0.39, 0.29) is 5.91 Å². The van der Waals surface area contributed by atoms with Crippen molar-refractivity contribution < 1.29 is 9.53 Å². The average Bonchev–Trinajstić information content (AvgIpc) is 3.03. The molecule has 3 aromatic rings. The number of ether oxygens (including phenoxy) is 1. The summed E-state index contributed by atoms with van der Waals surface area (Å²) in [5.41, 5.74) is 1.05. The molecule has 0 atom stereocenters. The standard InChI is InChI=1S/C19H18N2O2S/c1-14-20-12-18(24-14)19(22)21(2)13-15-8-10-17(11-9-15)23-16-6-4-3-5-7-16/h3-12H,13H2,1-2H3. The number of aromatic nitrogens is 1. The Balaban J connectivity index is 1.62. The first kappa shape index (κ1) is 16.2. The van der Waals surface area contributed by atoms with Crippen LogP contribution >= 0.6 is 11.3 Å². The minimum atomic E-state index is -0.00906. The molecule has 0 bridgehead atoms. The van der Waals surface area contributed by atoms with E-state index in [1.54, 1.807) is 18.1 Å². The van der Waals surface area contributed by atoms with Crippen LogP contribution in [0.1, 0.15) is 20.2 Å². The summed E-state index contributed by atoms with van der Waals surface area (Å²) in [6.07, 6.45) is 1.63.